The van der Waals surface area contributed by atoms with E-state index in [4.69, 9.17) is 0 Å². The summed E-state index contributed by atoms with van der Waals surface area (Å²) >= 11 is 0. The van der Waals surface area contributed by atoms with E-state index in [0.717, 1.165) is 31.0 Å². The van der Waals surface area contributed by atoms with Gasteiger partial charge >= 0.3 is 0 Å². The molecule has 1 unspecified atom stereocenters. The van der Waals surface area contributed by atoms with Crippen LogP contribution in [0, 0.1) is 5.92 Å². The molecular formula is C16H30N4. The Balaban J connectivity index is 2.88. The molecule has 0 saturated carbocycles. The number of aromatic nitrogens is 2. The molecule has 1 heterocycles. The molecule has 0 spiro atoms. The summed E-state index contributed by atoms with van der Waals surface area (Å²) in [4.78, 5) is 8.82. The minimum absolute atomic E-state index is 0.434. The Labute approximate surface area is 123 Å². The molecule has 0 aliphatic carbocycles. The number of nitrogens with zero attached hydrogens (tertiary/aromatic N) is 2. The van der Waals surface area contributed by atoms with Crippen molar-refractivity contribution in [3.63, 3.8) is 0 Å². The smallest absolute Gasteiger partial charge is 0.134 e. The topological polar surface area (TPSA) is 49.8 Å². The average Bonchev–Trinajstić information content (AvgIpc) is 2.46. The zero-order valence-electron chi connectivity index (χ0n) is 13.7. The fraction of sp³-hybridized carbons (Fsp3) is 0.750. The Morgan fingerprint density at radius 1 is 1.05 bits per heavy atom. The van der Waals surface area contributed by atoms with Crippen molar-refractivity contribution in [3.05, 3.63) is 11.9 Å². The van der Waals surface area contributed by atoms with Gasteiger partial charge in [-0.25, -0.2) is 9.97 Å². The predicted octanol–water partition coefficient (Wildman–Crippen LogP) is 4.10. The van der Waals surface area contributed by atoms with Gasteiger partial charge in [0.25, 0.3) is 0 Å². The van der Waals surface area contributed by atoms with Gasteiger partial charge in [0.1, 0.15) is 18.0 Å². The number of nitrogens with one attached hydrogen (secondary N) is 2. The van der Waals surface area contributed by atoms with Crippen LogP contribution in [0.4, 0.5) is 11.6 Å². The molecule has 0 aliphatic rings. The molecule has 0 radical (unpaired) electrons. The van der Waals surface area contributed by atoms with Crippen LogP contribution in [0.15, 0.2) is 6.33 Å². The molecule has 20 heavy (non-hydrogen) atoms. The fourth-order valence-electron chi connectivity index (χ4n) is 2.60. The quantitative estimate of drug-likeness (QED) is 0.714. The van der Waals surface area contributed by atoms with Gasteiger partial charge in [0.05, 0.1) is 0 Å². The van der Waals surface area contributed by atoms with Crippen LogP contribution in [0.3, 0.4) is 0 Å². The molecule has 0 saturated heterocycles. The van der Waals surface area contributed by atoms with Crippen molar-refractivity contribution in [2.45, 2.75) is 66.3 Å². The summed E-state index contributed by atoms with van der Waals surface area (Å²) in [7, 11) is 0. The van der Waals surface area contributed by atoms with Crippen molar-refractivity contribution >= 4 is 11.6 Å². The molecule has 0 bridgehead atoms. The Bertz CT molecular complexity index is 388. The summed E-state index contributed by atoms with van der Waals surface area (Å²) in [6, 6.07) is 0.434. The van der Waals surface area contributed by atoms with Crippen molar-refractivity contribution in [2.24, 2.45) is 5.92 Å². The summed E-state index contributed by atoms with van der Waals surface area (Å²) in [6.07, 6.45) is 6.07. The van der Waals surface area contributed by atoms with E-state index in [1.165, 1.54) is 18.4 Å². The van der Waals surface area contributed by atoms with E-state index in [1.54, 1.807) is 6.33 Å². The highest BCUT2D eigenvalue weighted by Crippen LogP contribution is 2.23. The van der Waals surface area contributed by atoms with E-state index < -0.39 is 0 Å². The van der Waals surface area contributed by atoms with Crippen LogP contribution in [0.1, 0.15) is 59.4 Å². The lowest BCUT2D eigenvalue weighted by molar-refractivity contribution is 0.437. The van der Waals surface area contributed by atoms with E-state index in [2.05, 4.69) is 55.2 Å². The minimum atomic E-state index is 0.434. The molecule has 114 valence electrons. The molecule has 4 heteroatoms. The number of hydrogen-bond donors (Lipinski definition) is 2. The zero-order chi connectivity index (χ0) is 15.0. The van der Waals surface area contributed by atoms with Gasteiger partial charge in [-0.2, -0.15) is 0 Å². The predicted molar refractivity (Wildman–Crippen MR) is 87.3 cm³/mol. The van der Waals surface area contributed by atoms with Gasteiger partial charge in [0.2, 0.25) is 0 Å². The van der Waals surface area contributed by atoms with E-state index >= 15 is 0 Å². The van der Waals surface area contributed by atoms with Crippen LogP contribution in [0.5, 0.6) is 0 Å². The zero-order valence-corrected chi connectivity index (χ0v) is 13.7. The largest absolute Gasteiger partial charge is 0.370 e. The van der Waals surface area contributed by atoms with Crippen molar-refractivity contribution in [1.82, 2.24) is 9.97 Å². The Morgan fingerprint density at radius 3 is 2.25 bits per heavy atom. The molecule has 1 aromatic rings. The van der Waals surface area contributed by atoms with Crippen LogP contribution in [-0.4, -0.2) is 22.6 Å². The summed E-state index contributed by atoms with van der Waals surface area (Å²) in [5.41, 5.74) is 1.19. The van der Waals surface area contributed by atoms with Crippen molar-refractivity contribution in [1.29, 1.82) is 0 Å². The van der Waals surface area contributed by atoms with Crippen molar-refractivity contribution < 1.29 is 0 Å². The molecule has 0 fully saturated rings. The number of anilines is 2. The van der Waals surface area contributed by atoms with E-state index in [9.17, 15) is 0 Å². The maximum Gasteiger partial charge on any atom is 0.134 e. The monoisotopic (exact) mass is 278 g/mol. The Kier molecular flexibility index (Phi) is 7.34. The highest BCUT2D eigenvalue weighted by atomic mass is 15.1. The minimum Gasteiger partial charge on any atom is -0.370 e. The second-order valence-electron chi connectivity index (χ2n) is 5.34. The van der Waals surface area contributed by atoms with Crippen molar-refractivity contribution in [3.8, 4) is 0 Å². The molecule has 1 atom stereocenters. The van der Waals surface area contributed by atoms with Gasteiger partial charge in [-0.1, -0.05) is 40.5 Å². The normalized spacial score (nSPS) is 12.5. The van der Waals surface area contributed by atoms with Crippen LogP contribution in [-0.2, 0) is 6.42 Å². The third-order valence-electron chi connectivity index (χ3n) is 3.96. The number of rotatable bonds is 9. The molecule has 4 nitrogen and oxygen atoms in total. The Morgan fingerprint density at radius 2 is 1.70 bits per heavy atom. The first-order chi connectivity index (χ1) is 9.67. The standard InChI is InChI=1S/C16H30N4/c1-6-10-17-15-14(9-4)16(19-11-18-15)20-12(5)13(7-2)8-3/h11-13H,6-10H2,1-5H3,(H2,17,18,19,20). The fourth-order valence-corrected chi connectivity index (χ4v) is 2.60. The summed E-state index contributed by atoms with van der Waals surface area (Å²) in [6.45, 7) is 12.0. The summed E-state index contributed by atoms with van der Waals surface area (Å²) in [5.74, 6) is 2.64. The summed E-state index contributed by atoms with van der Waals surface area (Å²) < 4.78 is 0. The third kappa shape index (κ3) is 4.36. The molecule has 0 amide bonds. The summed E-state index contributed by atoms with van der Waals surface area (Å²) in [5, 5.41) is 6.98. The van der Waals surface area contributed by atoms with Gasteiger partial charge in [-0.05, 0) is 25.7 Å². The first-order valence-electron chi connectivity index (χ1n) is 8.02. The van der Waals surface area contributed by atoms with Crippen LogP contribution < -0.4 is 10.6 Å². The maximum absolute atomic E-state index is 4.45. The van der Waals surface area contributed by atoms with Gasteiger partial charge in [0.15, 0.2) is 0 Å². The molecule has 0 aliphatic heterocycles. The van der Waals surface area contributed by atoms with Gasteiger partial charge in [0, 0.05) is 18.2 Å². The molecular weight excluding hydrogens is 248 g/mol. The SMILES string of the molecule is CCCNc1ncnc(NC(C)C(CC)CC)c1CC. The second kappa shape index (κ2) is 8.77. The van der Waals surface area contributed by atoms with Gasteiger partial charge in [-0.15, -0.1) is 0 Å². The second-order valence-corrected chi connectivity index (χ2v) is 5.34. The average molecular weight is 278 g/mol. The van der Waals surface area contributed by atoms with E-state index in [1.807, 2.05) is 0 Å². The molecule has 1 aromatic heterocycles. The first kappa shape index (κ1) is 16.7. The van der Waals surface area contributed by atoms with E-state index in [0.29, 0.717) is 12.0 Å². The highest BCUT2D eigenvalue weighted by Gasteiger charge is 2.16. The number of hydrogen-bond acceptors (Lipinski definition) is 4. The van der Waals surface area contributed by atoms with Gasteiger partial charge in [-0.3, -0.25) is 0 Å². The molecule has 2 N–H and O–H groups in total. The van der Waals surface area contributed by atoms with Gasteiger partial charge < -0.3 is 10.6 Å². The highest BCUT2D eigenvalue weighted by molar-refractivity contribution is 5.57. The van der Waals surface area contributed by atoms with Crippen LogP contribution in [0.2, 0.25) is 0 Å². The lowest BCUT2D eigenvalue weighted by Crippen LogP contribution is -2.26. The van der Waals surface area contributed by atoms with Crippen molar-refractivity contribution in [2.75, 3.05) is 17.2 Å². The lowest BCUT2D eigenvalue weighted by atomic mass is 9.95. The van der Waals surface area contributed by atoms with Crippen LogP contribution in [0.25, 0.3) is 0 Å². The lowest BCUT2D eigenvalue weighted by Gasteiger charge is -2.24. The maximum atomic E-state index is 4.45. The third-order valence-corrected chi connectivity index (χ3v) is 3.96. The Hall–Kier alpha value is -1.32. The van der Waals surface area contributed by atoms with Crippen LogP contribution >= 0.6 is 0 Å². The molecule has 1 rings (SSSR count). The first-order valence-corrected chi connectivity index (χ1v) is 8.02. The van der Waals surface area contributed by atoms with E-state index in [-0.39, 0.29) is 0 Å². The molecule has 0 aromatic carbocycles.